The van der Waals surface area contributed by atoms with Crippen LogP contribution in [0.1, 0.15) is 16.8 Å². The van der Waals surface area contributed by atoms with Gasteiger partial charge in [0.2, 0.25) is 0 Å². The highest BCUT2D eigenvalue weighted by atomic mass is 32.2. The third-order valence-corrected chi connectivity index (χ3v) is 6.53. The molecule has 2 aliphatic rings. The Balaban J connectivity index is 1.61. The van der Waals surface area contributed by atoms with Gasteiger partial charge in [-0.3, -0.25) is 5.41 Å². The summed E-state index contributed by atoms with van der Waals surface area (Å²) in [5.74, 6) is 0.841. The largest absolute Gasteiger partial charge is 0.398 e. The zero-order valence-corrected chi connectivity index (χ0v) is 16.3. The van der Waals surface area contributed by atoms with Crippen LogP contribution < -0.4 is 10.6 Å². The molecule has 28 heavy (non-hydrogen) atoms. The van der Waals surface area contributed by atoms with Gasteiger partial charge in [0, 0.05) is 30.4 Å². The summed E-state index contributed by atoms with van der Waals surface area (Å²) in [5, 5.41) is 8.61. The molecule has 144 valence electrons. The average molecular weight is 397 g/mol. The van der Waals surface area contributed by atoms with E-state index >= 15 is 0 Å². The fraction of sp³-hybridized carbons (Fsp3) is 0.263. The van der Waals surface area contributed by atoms with Crippen molar-refractivity contribution in [1.82, 2.24) is 9.97 Å². The second kappa shape index (κ2) is 6.83. The summed E-state index contributed by atoms with van der Waals surface area (Å²) >= 11 is 0. The molecule has 0 unspecified atom stereocenters. The van der Waals surface area contributed by atoms with Crippen molar-refractivity contribution in [2.45, 2.75) is 0 Å². The van der Waals surface area contributed by atoms with Crippen LogP contribution in [0.4, 0.5) is 11.5 Å². The van der Waals surface area contributed by atoms with Gasteiger partial charge in [0.15, 0.2) is 22.3 Å². The van der Waals surface area contributed by atoms with Gasteiger partial charge in [-0.05, 0) is 17.7 Å². The van der Waals surface area contributed by atoms with Crippen molar-refractivity contribution in [3.05, 3.63) is 53.6 Å². The molecular weight excluding hydrogens is 376 g/mol. The molecule has 0 bridgehead atoms. The molecule has 1 saturated heterocycles. The van der Waals surface area contributed by atoms with Crippen molar-refractivity contribution in [2.75, 3.05) is 42.3 Å². The van der Waals surface area contributed by atoms with E-state index in [4.69, 9.17) is 11.1 Å². The van der Waals surface area contributed by atoms with Gasteiger partial charge in [0.05, 0.1) is 22.9 Å². The van der Waals surface area contributed by atoms with Crippen LogP contribution >= 0.6 is 0 Å². The van der Waals surface area contributed by atoms with Crippen molar-refractivity contribution < 1.29 is 13.0 Å². The molecule has 0 aliphatic carbocycles. The van der Waals surface area contributed by atoms with Crippen LogP contribution in [-0.2, 0) is 9.84 Å². The molecule has 3 N–H and O–H groups in total. The lowest BCUT2D eigenvalue weighted by molar-refractivity contribution is -0.423. The SMILES string of the molecule is C[N+]1=CC(c2ccc(N)c(C(=N)c3cc(N4CCS(=O)(=O)CC4)ncn3)c2)=C1. The Hall–Kier alpha value is -3.07. The van der Waals surface area contributed by atoms with Gasteiger partial charge in [0.1, 0.15) is 24.8 Å². The first-order valence-electron chi connectivity index (χ1n) is 8.88. The number of hydrogen-bond acceptors (Lipinski definition) is 7. The van der Waals surface area contributed by atoms with E-state index < -0.39 is 9.84 Å². The van der Waals surface area contributed by atoms with E-state index in [1.54, 1.807) is 12.1 Å². The smallest absolute Gasteiger partial charge is 0.182 e. The minimum absolute atomic E-state index is 0.110. The van der Waals surface area contributed by atoms with Crippen LogP contribution in [0.25, 0.3) is 5.57 Å². The van der Waals surface area contributed by atoms with Crippen molar-refractivity contribution in [3.8, 4) is 0 Å². The lowest BCUT2D eigenvalue weighted by atomic mass is 9.97. The first-order valence-corrected chi connectivity index (χ1v) is 10.7. The molecule has 0 saturated carbocycles. The topological polar surface area (TPSA) is 116 Å². The van der Waals surface area contributed by atoms with E-state index in [1.807, 2.05) is 41.1 Å². The Morgan fingerprint density at radius 2 is 1.93 bits per heavy atom. The molecule has 4 rings (SSSR count). The molecule has 1 aromatic heterocycles. The maximum atomic E-state index is 11.6. The molecule has 2 aromatic rings. The molecule has 0 radical (unpaired) electrons. The van der Waals surface area contributed by atoms with Crippen LogP contribution in [-0.4, -0.2) is 66.5 Å². The molecule has 0 atom stereocenters. The van der Waals surface area contributed by atoms with E-state index in [-0.39, 0.29) is 17.2 Å². The van der Waals surface area contributed by atoms with Crippen LogP contribution in [0.3, 0.4) is 0 Å². The van der Waals surface area contributed by atoms with Crippen LogP contribution in [0.15, 0.2) is 36.8 Å². The molecule has 3 heterocycles. The quantitative estimate of drug-likeness (QED) is 0.447. The van der Waals surface area contributed by atoms with Gasteiger partial charge in [-0.1, -0.05) is 6.07 Å². The normalized spacial score (nSPS) is 18.1. The van der Waals surface area contributed by atoms with Gasteiger partial charge in [-0.15, -0.1) is 0 Å². The van der Waals surface area contributed by atoms with Gasteiger partial charge in [-0.2, -0.15) is 0 Å². The Morgan fingerprint density at radius 1 is 1.21 bits per heavy atom. The summed E-state index contributed by atoms with van der Waals surface area (Å²) < 4.78 is 25.3. The lowest BCUT2D eigenvalue weighted by Gasteiger charge is -2.27. The number of aromatic nitrogens is 2. The zero-order valence-electron chi connectivity index (χ0n) is 15.5. The summed E-state index contributed by atoms with van der Waals surface area (Å²) in [4.78, 5) is 10.4. The number of nitrogens with one attached hydrogen (secondary N) is 1. The summed E-state index contributed by atoms with van der Waals surface area (Å²) in [6.07, 6.45) is 5.41. The fourth-order valence-corrected chi connectivity index (χ4v) is 4.47. The zero-order chi connectivity index (χ0) is 19.9. The fourth-order valence-electron chi connectivity index (χ4n) is 3.26. The van der Waals surface area contributed by atoms with E-state index in [2.05, 4.69) is 9.97 Å². The Kier molecular flexibility index (Phi) is 4.46. The first-order chi connectivity index (χ1) is 13.3. The molecule has 1 fully saturated rings. The summed E-state index contributed by atoms with van der Waals surface area (Å²) in [5.41, 5.74) is 9.96. The highest BCUT2D eigenvalue weighted by Gasteiger charge is 2.23. The molecular formula is C19H21N6O2S+. The molecule has 9 heteroatoms. The molecule has 2 aliphatic heterocycles. The molecule has 0 spiro atoms. The number of nitrogen functional groups attached to an aromatic ring is 1. The number of hydrogen-bond donors (Lipinski definition) is 2. The van der Waals surface area contributed by atoms with Gasteiger partial charge < -0.3 is 10.6 Å². The number of anilines is 2. The maximum Gasteiger partial charge on any atom is 0.182 e. The van der Waals surface area contributed by atoms with Crippen molar-refractivity contribution >= 4 is 38.8 Å². The second-order valence-electron chi connectivity index (χ2n) is 6.96. The van der Waals surface area contributed by atoms with Gasteiger partial charge in [-0.25, -0.2) is 23.0 Å². The third kappa shape index (κ3) is 3.53. The second-order valence-corrected chi connectivity index (χ2v) is 9.26. The predicted molar refractivity (Wildman–Crippen MR) is 110 cm³/mol. The van der Waals surface area contributed by atoms with Crippen LogP contribution in [0, 0.1) is 5.41 Å². The maximum absolute atomic E-state index is 11.6. The Bertz CT molecular complexity index is 1120. The monoisotopic (exact) mass is 397 g/mol. The van der Waals surface area contributed by atoms with Crippen molar-refractivity contribution in [1.29, 1.82) is 5.41 Å². The number of allylic oxidation sites excluding steroid dienone is 1. The molecule has 0 amide bonds. The Labute approximate surface area is 163 Å². The standard InChI is InChI=1S/C19H21N6O2S/c1-24-10-14(11-24)13-2-3-16(20)15(8-13)19(21)17-9-18(23-12-22-17)25-4-6-28(26,27)7-5-25/h2-3,8-12,21H,4-7,20H2,1H3/q+1. The van der Waals surface area contributed by atoms with Crippen molar-refractivity contribution in [3.63, 3.8) is 0 Å². The number of benzene rings is 1. The van der Waals surface area contributed by atoms with Crippen LogP contribution in [0.2, 0.25) is 0 Å². The molecule has 8 nitrogen and oxygen atoms in total. The summed E-state index contributed by atoms with van der Waals surface area (Å²) in [6.45, 7) is 0.780. The van der Waals surface area contributed by atoms with Gasteiger partial charge in [0.25, 0.3) is 0 Å². The average Bonchev–Trinajstić information content (AvgIpc) is 2.66. The highest BCUT2D eigenvalue weighted by Crippen LogP contribution is 2.24. The minimum Gasteiger partial charge on any atom is -0.398 e. The van der Waals surface area contributed by atoms with E-state index in [1.165, 1.54) is 6.33 Å². The summed E-state index contributed by atoms with van der Waals surface area (Å²) in [6, 6.07) is 7.34. The lowest BCUT2D eigenvalue weighted by Crippen LogP contribution is -2.40. The number of nitrogens with zero attached hydrogens (tertiary/aromatic N) is 4. The number of rotatable bonds is 4. The van der Waals surface area contributed by atoms with E-state index in [0.717, 1.165) is 11.1 Å². The highest BCUT2D eigenvalue weighted by molar-refractivity contribution is 7.91. The Morgan fingerprint density at radius 3 is 2.61 bits per heavy atom. The third-order valence-electron chi connectivity index (χ3n) is 4.92. The van der Waals surface area contributed by atoms with E-state index in [0.29, 0.717) is 35.9 Å². The van der Waals surface area contributed by atoms with Crippen LogP contribution in [0.5, 0.6) is 0 Å². The van der Waals surface area contributed by atoms with Gasteiger partial charge >= 0.3 is 0 Å². The predicted octanol–water partition coefficient (Wildman–Crippen LogP) is 0.777. The summed E-state index contributed by atoms with van der Waals surface area (Å²) in [7, 11) is -1.01. The van der Waals surface area contributed by atoms with Crippen molar-refractivity contribution in [2.24, 2.45) is 0 Å². The number of nitrogens with two attached hydrogens (primary N) is 1. The molecule has 1 aromatic carbocycles. The first kappa shape index (κ1) is 18.3. The number of sulfone groups is 1. The minimum atomic E-state index is -2.97. The van der Waals surface area contributed by atoms with E-state index in [9.17, 15) is 8.42 Å².